The van der Waals surface area contributed by atoms with E-state index in [9.17, 15) is 4.79 Å². The standard InChI is InChI=1S/C15H20O5/c1-10(13-9-18-15(2,3)20-13)19-12-6-4-11(5-7-12)8-14(16)17/h4-7,10,13H,8-9H2,1-3H3,(H,16,17). The topological polar surface area (TPSA) is 65.0 Å². The molecule has 1 N–H and O–H groups in total. The maximum atomic E-state index is 10.6. The van der Waals surface area contributed by atoms with Crippen molar-refractivity contribution in [3.8, 4) is 5.75 Å². The van der Waals surface area contributed by atoms with Crippen LogP contribution in [-0.4, -0.2) is 35.7 Å². The van der Waals surface area contributed by atoms with Gasteiger partial charge in [-0.1, -0.05) is 12.1 Å². The Morgan fingerprint density at radius 3 is 2.60 bits per heavy atom. The van der Waals surface area contributed by atoms with Gasteiger partial charge in [0.25, 0.3) is 0 Å². The van der Waals surface area contributed by atoms with Gasteiger partial charge in [-0.15, -0.1) is 0 Å². The largest absolute Gasteiger partial charge is 0.488 e. The summed E-state index contributed by atoms with van der Waals surface area (Å²) in [5.41, 5.74) is 0.749. The third-order valence-electron chi connectivity index (χ3n) is 3.15. The monoisotopic (exact) mass is 280 g/mol. The molecule has 0 radical (unpaired) electrons. The fraction of sp³-hybridized carbons (Fsp3) is 0.533. The highest BCUT2D eigenvalue weighted by molar-refractivity contribution is 5.70. The Hall–Kier alpha value is -1.59. The molecule has 2 atom stereocenters. The molecule has 0 saturated carbocycles. The van der Waals surface area contributed by atoms with Crippen LogP contribution < -0.4 is 4.74 Å². The van der Waals surface area contributed by atoms with E-state index in [1.807, 2.05) is 20.8 Å². The zero-order valence-electron chi connectivity index (χ0n) is 12.0. The Bertz CT molecular complexity index is 466. The summed E-state index contributed by atoms with van der Waals surface area (Å²) < 4.78 is 17.0. The van der Waals surface area contributed by atoms with Gasteiger partial charge >= 0.3 is 5.97 Å². The number of carboxylic acids is 1. The predicted molar refractivity (Wildman–Crippen MR) is 72.8 cm³/mol. The second kappa shape index (κ2) is 5.81. The van der Waals surface area contributed by atoms with Crippen molar-refractivity contribution in [1.29, 1.82) is 0 Å². The molecule has 20 heavy (non-hydrogen) atoms. The molecule has 0 spiro atoms. The van der Waals surface area contributed by atoms with Crippen molar-refractivity contribution in [2.24, 2.45) is 0 Å². The zero-order valence-corrected chi connectivity index (χ0v) is 12.0. The van der Waals surface area contributed by atoms with E-state index in [1.165, 1.54) is 0 Å². The molecule has 2 unspecified atom stereocenters. The molecule has 1 heterocycles. The van der Waals surface area contributed by atoms with Gasteiger partial charge in [0.2, 0.25) is 0 Å². The van der Waals surface area contributed by atoms with Gasteiger partial charge < -0.3 is 19.3 Å². The lowest BCUT2D eigenvalue weighted by Gasteiger charge is -2.22. The second-order valence-electron chi connectivity index (χ2n) is 5.40. The highest BCUT2D eigenvalue weighted by atomic mass is 16.7. The van der Waals surface area contributed by atoms with Crippen LogP contribution in [-0.2, 0) is 20.7 Å². The Labute approximate surface area is 118 Å². The number of hydrogen-bond donors (Lipinski definition) is 1. The van der Waals surface area contributed by atoms with E-state index >= 15 is 0 Å². The van der Waals surface area contributed by atoms with E-state index in [0.29, 0.717) is 12.4 Å². The lowest BCUT2D eigenvalue weighted by Crippen LogP contribution is -2.32. The molecule has 1 aliphatic rings. The van der Waals surface area contributed by atoms with E-state index in [-0.39, 0.29) is 18.6 Å². The maximum absolute atomic E-state index is 10.6. The van der Waals surface area contributed by atoms with Crippen LogP contribution in [0.3, 0.4) is 0 Å². The van der Waals surface area contributed by atoms with Crippen LogP contribution in [0, 0.1) is 0 Å². The SMILES string of the molecule is CC(Oc1ccc(CC(=O)O)cc1)C1COC(C)(C)O1. The van der Waals surface area contributed by atoms with Gasteiger partial charge in [0.1, 0.15) is 18.0 Å². The summed E-state index contributed by atoms with van der Waals surface area (Å²) in [5, 5.41) is 8.71. The molecular weight excluding hydrogens is 260 g/mol. The number of benzene rings is 1. The van der Waals surface area contributed by atoms with Crippen molar-refractivity contribution in [2.45, 2.75) is 45.2 Å². The average molecular weight is 280 g/mol. The summed E-state index contributed by atoms with van der Waals surface area (Å²) in [6.45, 7) is 6.19. The minimum atomic E-state index is -0.842. The van der Waals surface area contributed by atoms with Crippen molar-refractivity contribution in [1.82, 2.24) is 0 Å². The van der Waals surface area contributed by atoms with Gasteiger partial charge in [0, 0.05) is 0 Å². The Morgan fingerprint density at radius 1 is 1.45 bits per heavy atom. The predicted octanol–water partition coefficient (Wildman–Crippen LogP) is 2.23. The van der Waals surface area contributed by atoms with Crippen LogP contribution in [0.15, 0.2) is 24.3 Å². The Morgan fingerprint density at radius 2 is 2.10 bits per heavy atom. The van der Waals surface area contributed by atoms with Gasteiger partial charge in [-0.25, -0.2) is 0 Å². The summed E-state index contributed by atoms with van der Waals surface area (Å²) >= 11 is 0. The van der Waals surface area contributed by atoms with E-state index in [2.05, 4.69) is 0 Å². The van der Waals surface area contributed by atoms with Crippen LogP contribution in [0.2, 0.25) is 0 Å². The molecule has 1 saturated heterocycles. The van der Waals surface area contributed by atoms with Gasteiger partial charge in [-0.05, 0) is 38.5 Å². The van der Waals surface area contributed by atoms with E-state index in [4.69, 9.17) is 19.3 Å². The fourth-order valence-corrected chi connectivity index (χ4v) is 2.10. The van der Waals surface area contributed by atoms with Crippen LogP contribution in [0.5, 0.6) is 5.75 Å². The molecule has 0 aromatic heterocycles. The number of rotatable bonds is 5. The van der Waals surface area contributed by atoms with Gasteiger partial charge in [-0.3, -0.25) is 4.79 Å². The van der Waals surface area contributed by atoms with Crippen LogP contribution >= 0.6 is 0 Å². The van der Waals surface area contributed by atoms with Gasteiger partial charge in [0.05, 0.1) is 13.0 Å². The molecule has 0 amide bonds. The van der Waals surface area contributed by atoms with Crippen LogP contribution in [0.4, 0.5) is 0 Å². The molecule has 0 bridgehead atoms. The number of aliphatic carboxylic acids is 1. The Balaban J connectivity index is 1.91. The zero-order chi connectivity index (χ0) is 14.8. The van der Waals surface area contributed by atoms with E-state index in [1.54, 1.807) is 24.3 Å². The van der Waals surface area contributed by atoms with Gasteiger partial charge in [-0.2, -0.15) is 0 Å². The summed E-state index contributed by atoms with van der Waals surface area (Å²) in [4.78, 5) is 10.6. The molecular formula is C15H20O5. The number of hydrogen-bond acceptors (Lipinski definition) is 4. The lowest BCUT2D eigenvalue weighted by atomic mass is 10.1. The molecule has 0 aliphatic carbocycles. The smallest absolute Gasteiger partial charge is 0.307 e. The van der Waals surface area contributed by atoms with Crippen molar-refractivity contribution in [3.05, 3.63) is 29.8 Å². The van der Waals surface area contributed by atoms with Crippen molar-refractivity contribution < 1.29 is 24.1 Å². The maximum Gasteiger partial charge on any atom is 0.307 e. The molecule has 1 fully saturated rings. The van der Waals surface area contributed by atoms with E-state index in [0.717, 1.165) is 5.56 Å². The van der Waals surface area contributed by atoms with E-state index < -0.39 is 11.8 Å². The molecule has 5 heteroatoms. The molecule has 1 aromatic carbocycles. The number of ether oxygens (including phenoxy) is 3. The molecule has 1 aliphatic heterocycles. The highest BCUT2D eigenvalue weighted by Crippen LogP contribution is 2.26. The van der Waals surface area contributed by atoms with Crippen molar-refractivity contribution >= 4 is 5.97 Å². The summed E-state index contributed by atoms with van der Waals surface area (Å²) in [5.74, 6) is -0.709. The third-order valence-corrected chi connectivity index (χ3v) is 3.15. The molecule has 2 rings (SSSR count). The third kappa shape index (κ3) is 3.95. The van der Waals surface area contributed by atoms with Gasteiger partial charge in [0.15, 0.2) is 5.79 Å². The second-order valence-corrected chi connectivity index (χ2v) is 5.40. The van der Waals surface area contributed by atoms with Crippen molar-refractivity contribution in [3.63, 3.8) is 0 Å². The number of carbonyl (C=O) groups is 1. The van der Waals surface area contributed by atoms with Crippen molar-refractivity contribution in [2.75, 3.05) is 6.61 Å². The molecule has 1 aromatic rings. The number of carboxylic acid groups (broad SMARTS) is 1. The quantitative estimate of drug-likeness (QED) is 0.896. The first-order valence-electron chi connectivity index (χ1n) is 6.65. The minimum absolute atomic E-state index is 0.0175. The van der Waals surface area contributed by atoms with Crippen LogP contribution in [0.25, 0.3) is 0 Å². The minimum Gasteiger partial charge on any atom is -0.488 e. The molecule has 5 nitrogen and oxygen atoms in total. The summed E-state index contributed by atoms with van der Waals surface area (Å²) in [6, 6.07) is 7.06. The summed E-state index contributed by atoms with van der Waals surface area (Å²) in [7, 11) is 0. The first-order valence-corrected chi connectivity index (χ1v) is 6.65. The molecule has 110 valence electrons. The fourth-order valence-electron chi connectivity index (χ4n) is 2.10. The average Bonchev–Trinajstić information content (AvgIpc) is 2.72. The lowest BCUT2D eigenvalue weighted by molar-refractivity contribution is -0.147. The highest BCUT2D eigenvalue weighted by Gasteiger charge is 2.36. The Kier molecular flexibility index (Phi) is 4.30. The van der Waals surface area contributed by atoms with Crippen LogP contribution in [0.1, 0.15) is 26.3 Å². The summed E-state index contributed by atoms with van der Waals surface area (Å²) in [6.07, 6.45) is -0.227. The first-order chi connectivity index (χ1) is 9.35. The normalized spacial score (nSPS) is 22.4. The first kappa shape index (κ1) is 14.8.